The fraction of sp³-hybridized carbons (Fsp3) is 0.615. The smallest absolute Gasteiger partial charge is 0.382 e. The molecule has 118 valence electrons. The summed E-state index contributed by atoms with van der Waals surface area (Å²) in [5.41, 5.74) is 0.878. The van der Waals surface area contributed by atoms with Crippen molar-refractivity contribution in [3.63, 3.8) is 0 Å². The van der Waals surface area contributed by atoms with Crippen LogP contribution in [0.5, 0.6) is 0 Å². The number of hydrogen-bond acceptors (Lipinski definition) is 4. The van der Waals surface area contributed by atoms with Gasteiger partial charge in [0.15, 0.2) is 6.10 Å². The zero-order valence-electron chi connectivity index (χ0n) is 11.4. The first-order chi connectivity index (χ1) is 9.84. The van der Waals surface area contributed by atoms with Gasteiger partial charge in [-0.25, -0.2) is 0 Å². The summed E-state index contributed by atoms with van der Waals surface area (Å²) in [6.07, 6.45) is -5.25. The number of aliphatic hydroxyl groups is 1. The van der Waals surface area contributed by atoms with E-state index in [0.717, 1.165) is 5.69 Å². The van der Waals surface area contributed by atoms with Crippen LogP contribution in [0.4, 0.5) is 13.2 Å². The van der Waals surface area contributed by atoms with Crippen molar-refractivity contribution in [2.45, 2.75) is 18.8 Å². The molecule has 1 fully saturated rings. The predicted molar refractivity (Wildman–Crippen MR) is 73.0 cm³/mol. The number of rotatable bonds is 4. The van der Waals surface area contributed by atoms with Crippen LogP contribution in [-0.2, 0) is 6.54 Å². The van der Waals surface area contributed by atoms with Gasteiger partial charge in [-0.3, -0.25) is 14.8 Å². The van der Waals surface area contributed by atoms with Gasteiger partial charge in [-0.2, -0.15) is 13.2 Å². The van der Waals surface area contributed by atoms with Gasteiger partial charge in [0, 0.05) is 45.5 Å². The summed E-state index contributed by atoms with van der Waals surface area (Å²) >= 11 is 5.76. The highest BCUT2D eigenvalue weighted by atomic mass is 35.5. The fourth-order valence-corrected chi connectivity index (χ4v) is 2.32. The Morgan fingerprint density at radius 3 is 2.33 bits per heavy atom. The third-order valence-corrected chi connectivity index (χ3v) is 3.67. The Hall–Kier alpha value is -0.890. The zero-order chi connectivity index (χ0) is 15.5. The lowest BCUT2D eigenvalue weighted by atomic mass is 10.2. The van der Waals surface area contributed by atoms with Gasteiger partial charge in [0.25, 0.3) is 0 Å². The van der Waals surface area contributed by atoms with Crippen LogP contribution in [-0.4, -0.2) is 64.9 Å². The molecule has 1 aromatic heterocycles. The number of hydrogen-bond donors (Lipinski definition) is 1. The monoisotopic (exact) mass is 323 g/mol. The number of aromatic nitrogens is 1. The molecular weight excluding hydrogens is 307 g/mol. The molecule has 2 rings (SSSR count). The second-order valence-electron chi connectivity index (χ2n) is 5.10. The van der Waals surface area contributed by atoms with Gasteiger partial charge >= 0.3 is 6.18 Å². The van der Waals surface area contributed by atoms with Gasteiger partial charge in [0.05, 0.1) is 10.7 Å². The molecule has 0 amide bonds. The molecule has 0 radical (unpaired) electrons. The van der Waals surface area contributed by atoms with E-state index in [9.17, 15) is 13.2 Å². The van der Waals surface area contributed by atoms with Crippen molar-refractivity contribution in [3.8, 4) is 0 Å². The molecule has 1 atom stereocenters. The number of alkyl halides is 3. The molecule has 2 heterocycles. The molecule has 0 saturated carbocycles. The van der Waals surface area contributed by atoms with Crippen LogP contribution in [0, 0.1) is 0 Å². The lowest BCUT2D eigenvalue weighted by Gasteiger charge is -2.35. The van der Waals surface area contributed by atoms with Crippen LogP contribution in [0.25, 0.3) is 0 Å². The van der Waals surface area contributed by atoms with Crippen LogP contribution < -0.4 is 0 Å². The second kappa shape index (κ2) is 6.91. The van der Waals surface area contributed by atoms with E-state index in [-0.39, 0.29) is 6.54 Å². The van der Waals surface area contributed by atoms with E-state index < -0.39 is 12.3 Å². The molecule has 1 aliphatic heterocycles. The molecule has 1 aromatic rings. The third-order valence-electron chi connectivity index (χ3n) is 3.45. The van der Waals surface area contributed by atoms with Gasteiger partial charge < -0.3 is 5.11 Å². The highest BCUT2D eigenvalue weighted by Gasteiger charge is 2.39. The first-order valence-electron chi connectivity index (χ1n) is 6.64. The van der Waals surface area contributed by atoms with E-state index >= 15 is 0 Å². The average molecular weight is 324 g/mol. The van der Waals surface area contributed by atoms with E-state index in [1.807, 2.05) is 6.07 Å². The molecule has 0 aliphatic carbocycles. The Balaban J connectivity index is 1.77. The molecule has 21 heavy (non-hydrogen) atoms. The molecular formula is C13H17ClF3N3O. The van der Waals surface area contributed by atoms with E-state index in [1.165, 1.54) is 0 Å². The highest BCUT2D eigenvalue weighted by Crippen LogP contribution is 2.21. The van der Waals surface area contributed by atoms with Crippen LogP contribution in [0.1, 0.15) is 5.69 Å². The highest BCUT2D eigenvalue weighted by molar-refractivity contribution is 6.30. The van der Waals surface area contributed by atoms with Crippen molar-refractivity contribution in [2.24, 2.45) is 0 Å². The minimum atomic E-state index is -4.55. The van der Waals surface area contributed by atoms with Crippen molar-refractivity contribution >= 4 is 11.6 Å². The standard InChI is InChI=1S/C13H17ClF3N3O/c14-10-1-2-11(18-7-10)8-19-3-5-20(6-4-19)9-12(21)13(15,16)17/h1-2,7,12,21H,3-6,8-9H2/t12-/m0/s1. The van der Waals surface area contributed by atoms with Gasteiger partial charge in [0.2, 0.25) is 0 Å². The summed E-state index contributed by atoms with van der Waals surface area (Å²) in [7, 11) is 0. The maximum absolute atomic E-state index is 12.3. The summed E-state index contributed by atoms with van der Waals surface area (Å²) in [5, 5.41) is 9.64. The summed E-state index contributed by atoms with van der Waals surface area (Å²) in [5.74, 6) is 0. The van der Waals surface area contributed by atoms with E-state index in [4.69, 9.17) is 16.7 Å². The minimum Gasteiger partial charge on any atom is -0.382 e. The molecule has 0 unspecified atom stereocenters. The largest absolute Gasteiger partial charge is 0.415 e. The molecule has 1 saturated heterocycles. The average Bonchev–Trinajstić information content (AvgIpc) is 2.42. The normalized spacial score (nSPS) is 19.7. The van der Waals surface area contributed by atoms with E-state index in [2.05, 4.69) is 9.88 Å². The van der Waals surface area contributed by atoms with Crippen molar-refractivity contribution in [3.05, 3.63) is 29.0 Å². The lowest BCUT2D eigenvalue weighted by molar-refractivity contribution is -0.209. The molecule has 1 aliphatic rings. The molecule has 0 bridgehead atoms. The SMILES string of the molecule is O[C@@H](CN1CCN(Cc2ccc(Cl)cn2)CC1)C(F)(F)F. The number of halogens is 4. The summed E-state index contributed by atoms with van der Waals surface area (Å²) in [4.78, 5) is 7.94. The fourth-order valence-electron chi connectivity index (χ4n) is 2.21. The summed E-state index contributed by atoms with van der Waals surface area (Å²) in [6, 6.07) is 3.60. The lowest BCUT2D eigenvalue weighted by Crippen LogP contribution is -2.50. The zero-order valence-corrected chi connectivity index (χ0v) is 12.1. The first kappa shape index (κ1) is 16.5. The summed E-state index contributed by atoms with van der Waals surface area (Å²) in [6.45, 7) is 2.58. The van der Waals surface area contributed by atoms with Crippen molar-refractivity contribution in [2.75, 3.05) is 32.7 Å². The molecule has 0 spiro atoms. The Bertz CT molecular complexity index is 447. The Kier molecular flexibility index (Phi) is 5.43. The quantitative estimate of drug-likeness (QED) is 0.917. The van der Waals surface area contributed by atoms with Crippen molar-refractivity contribution in [1.82, 2.24) is 14.8 Å². The van der Waals surface area contributed by atoms with Crippen LogP contribution in [0.2, 0.25) is 5.02 Å². The predicted octanol–water partition coefficient (Wildman–Crippen LogP) is 1.78. The van der Waals surface area contributed by atoms with Gasteiger partial charge in [0.1, 0.15) is 0 Å². The number of pyridine rings is 1. The van der Waals surface area contributed by atoms with Gasteiger partial charge in [-0.1, -0.05) is 11.6 Å². The van der Waals surface area contributed by atoms with Crippen LogP contribution >= 0.6 is 11.6 Å². The van der Waals surface area contributed by atoms with Crippen molar-refractivity contribution < 1.29 is 18.3 Å². The van der Waals surface area contributed by atoms with Gasteiger partial charge in [-0.15, -0.1) is 0 Å². The number of nitrogens with zero attached hydrogens (tertiary/aromatic N) is 3. The molecule has 1 N–H and O–H groups in total. The Labute approximate surface area is 126 Å². The number of β-amino-alcohol motifs (C(OH)–C–C–N with tert-alkyl or cyclic N) is 1. The van der Waals surface area contributed by atoms with Crippen molar-refractivity contribution in [1.29, 1.82) is 0 Å². The second-order valence-corrected chi connectivity index (χ2v) is 5.54. The molecule has 4 nitrogen and oxygen atoms in total. The maximum atomic E-state index is 12.3. The number of aliphatic hydroxyl groups excluding tert-OH is 1. The van der Waals surface area contributed by atoms with E-state index in [0.29, 0.717) is 37.7 Å². The number of piperazine rings is 1. The first-order valence-corrected chi connectivity index (χ1v) is 7.02. The minimum absolute atomic E-state index is 0.365. The summed E-state index contributed by atoms with van der Waals surface area (Å²) < 4.78 is 36.9. The van der Waals surface area contributed by atoms with Gasteiger partial charge in [-0.05, 0) is 12.1 Å². The Morgan fingerprint density at radius 2 is 1.81 bits per heavy atom. The molecule has 8 heteroatoms. The topological polar surface area (TPSA) is 39.6 Å². The molecule has 0 aromatic carbocycles. The van der Waals surface area contributed by atoms with Crippen LogP contribution in [0.3, 0.4) is 0 Å². The Morgan fingerprint density at radius 1 is 1.19 bits per heavy atom. The maximum Gasteiger partial charge on any atom is 0.415 e. The third kappa shape index (κ3) is 5.10. The van der Waals surface area contributed by atoms with Crippen LogP contribution in [0.15, 0.2) is 18.3 Å². The van der Waals surface area contributed by atoms with E-state index in [1.54, 1.807) is 17.2 Å².